The Balaban J connectivity index is 2.75. The van der Waals surface area contributed by atoms with Crippen molar-refractivity contribution in [3.63, 3.8) is 0 Å². The highest BCUT2D eigenvalue weighted by Gasteiger charge is 2.15. The summed E-state index contributed by atoms with van der Waals surface area (Å²) >= 11 is 0. The van der Waals surface area contributed by atoms with Crippen molar-refractivity contribution in [2.75, 3.05) is 19.5 Å². The van der Waals surface area contributed by atoms with Gasteiger partial charge in [0.25, 0.3) is 0 Å². The first kappa shape index (κ1) is 13.0. The lowest BCUT2D eigenvalue weighted by Crippen LogP contribution is -2.06. The van der Waals surface area contributed by atoms with Crippen LogP contribution in [0.15, 0.2) is 24.3 Å². The van der Waals surface area contributed by atoms with Crippen molar-refractivity contribution in [1.29, 1.82) is 0 Å². The molecule has 0 aromatic heterocycles. The fourth-order valence-electron chi connectivity index (χ4n) is 2.01. The Bertz CT molecular complexity index is 637. The maximum Gasteiger partial charge on any atom is 0.221 e. The van der Waals surface area contributed by atoms with E-state index in [1.807, 2.05) is 0 Å². The summed E-state index contributed by atoms with van der Waals surface area (Å²) in [5.74, 6) is 0.848. The molecule has 0 aliphatic carbocycles. The van der Waals surface area contributed by atoms with E-state index in [0.29, 0.717) is 28.0 Å². The molecular weight excluding hydrogens is 246 g/mol. The van der Waals surface area contributed by atoms with E-state index in [2.05, 4.69) is 5.32 Å². The Morgan fingerprint density at radius 2 is 1.74 bits per heavy atom. The predicted octanol–water partition coefficient (Wildman–Crippen LogP) is 2.52. The van der Waals surface area contributed by atoms with Crippen LogP contribution in [0.25, 0.3) is 10.8 Å². The molecule has 0 heterocycles. The number of nitrogens with one attached hydrogen (secondary N) is 1. The maximum absolute atomic E-state index is 11.1. The topological polar surface area (TPSA) is 67.8 Å². The molecule has 0 bridgehead atoms. The average Bonchev–Trinajstić information content (AvgIpc) is 2.40. The van der Waals surface area contributed by atoms with Gasteiger partial charge in [-0.25, -0.2) is 0 Å². The van der Waals surface area contributed by atoms with Crippen LogP contribution in [0.1, 0.15) is 6.92 Å². The van der Waals surface area contributed by atoms with Crippen LogP contribution in [-0.2, 0) is 4.79 Å². The van der Waals surface area contributed by atoms with Crippen molar-refractivity contribution < 1.29 is 19.4 Å². The molecule has 2 aromatic rings. The number of anilines is 1. The van der Waals surface area contributed by atoms with Gasteiger partial charge in [-0.3, -0.25) is 4.79 Å². The molecule has 0 aliphatic rings. The van der Waals surface area contributed by atoms with Gasteiger partial charge >= 0.3 is 0 Å². The van der Waals surface area contributed by atoms with Gasteiger partial charge in [-0.15, -0.1) is 0 Å². The number of methoxy groups -OCH3 is 2. The Hall–Kier alpha value is -2.43. The summed E-state index contributed by atoms with van der Waals surface area (Å²) in [7, 11) is 3.08. The van der Waals surface area contributed by atoms with Gasteiger partial charge in [0.2, 0.25) is 5.91 Å². The van der Waals surface area contributed by atoms with E-state index in [0.717, 1.165) is 0 Å². The number of carbonyl (C=O) groups excluding carboxylic acids is 1. The first-order valence-electron chi connectivity index (χ1n) is 5.72. The third kappa shape index (κ3) is 2.27. The summed E-state index contributed by atoms with van der Waals surface area (Å²) in [6.07, 6.45) is 0. The van der Waals surface area contributed by atoms with E-state index < -0.39 is 0 Å². The average molecular weight is 261 g/mol. The third-order valence-electron chi connectivity index (χ3n) is 2.83. The second kappa shape index (κ2) is 5.06. The van der Waals surface area contributed by atoms with E-state index in [9.17, 15) is 9.90 Å². The maximum atomic E-state index is 11.1. The van der Waals surface area contributed by atoms with E-state index in [4.69, 9.17) is 9.47 Å². The van der Waals surface area contributed by atoms with Crippen molar-refractivity contribution in [3.8, 4) is 17.2 Å². The molecule has 0 aliphatic heterocycles. The number of phenols is 1. The number of aromatic hydroxyl groups is 1. The van der Waals surface area contributed by atoms with Crippen LogP contribution in [0.2, 0.25) is 0 Å². The zero-order valence-corrected chi connectivity index (χ0v) is 11.0. The Morgan fingerprint density at radius 1 is 1.11 bits per heavy atom. The normalized spacial score (nSPS) is 10.3. The Labute approximate surface area is 110 Å². The minimum atomic E-state index is -0.253. The zero-order valence-electron chi connectivity index (χ0n) is 11.0. The number of phenolic OH excluding ortho intramolecular Hbond substituents is 1. The Morgan fingerprint density at radius 3 is 2.32 bits per heavy atom. The monoisotopic (exact) mass is 261 g/mol. The molecule has 0 radical (unpaired) electrons. The minimum Gasteiger partial charge on any atom is -0.505 e. The van der Waals surface area contributed by atoms with Crippen molar-refractivity contribution >= 4 is 22.4 Å². The van der Waals surface area contributed by atoms with E-state index >= 15 is 0 Å². The van der Waals surface area contributed by atoms with Gasteiger partial charge in [0, 0.05) is 12.3 Å². The van der Waals surface area contributed by atoms with Gasteiger partial charge in [0.1, 0.15) is 11.5 Å². The van der Waals surface area contributed by atoms with Crippen molar-refractivity contribution in [1.82, 2.24) is 0 Å². The van der Waals surface area contributed by atoms with Crippen LogP contribution in [-0.4, -0.2) is 25.2 Å². The quantitative estimate of drug-likeness (QED) is 0.833. The summed E-state index contributed by atoms with van der Waals surface area (Å²) in [4.78, 5) is 11.1. The number of carbonyl (C=O) groups is 1. The summed E-state index contributed by atoms with van der Waals surface area (Å²) in [5, 5.41) is 14.1. The van der Waals surface area contributed by atoms with Crippen LogP contribution < -0.4 is 14.8 Å². The van der Waals surface area contributed by atoms with Crippen LogP contribution in [0, 0.1) is 0 Å². The molecule has 0 unspecified atom stereocenters. The highest BCUT2D eigenvalue weighted by Crippen LogP contribution is 2.42. The van der Waals surface area contributed by atoms with E-state index in [1.165, 1.54) is 14.0 Å². The fraction of sp³-hybridized carbons (Fsp3) is 0.214. The Kier molecular flexibility index (Phi) is 3.46. The van der Waals surface area contributed by atoms with Crippen LogP contribution >= 0.6 is 0 Å². The molecule has 2 aromatic carbocycles. The highest BCUT2D eigenvalue weighted by molar-refractivity contribution is 6.03. The number of hydrogen-bond acceptors (Lipinski definition) is 4. The molecule has 19 heavy (non-hydrogen) atoms. The van der Waals surface area contributed by atoms with Gasteiger partial charge in [-0.1, -0.05) is 0 Å². The number of amides is 1. The second-order valence-electron chi connectivity index (χ2n) is 4.04. The van der Waals surface area contributed by atoms with Crippen LogP contribution in [0.4, 0.5) is 5.69 Å². The van der Waals surface area contributed by atoms with Crippen LogP contribution in [0.5, 0.6) is 17.2 Å². The number of hydrogen-bond donors (Lipinski definition) is 2. The van der Waals surface area contributed by atoms with Gasteiger partial charge in [-0.2, -0.15) is 0 Å². The molecule has 5 nitrogen and oxygen atoms in total. The SMILES string of the molecule is COc1ccc(OC)c2c(O)c(NC(C)=O)ccc12. The smallest absolute Gasteiger partial charge is 0.221 e. The minimum absolute atomic E-state index is 0.0385. The van der Waals surface area contributed by atoms with Gasteiger partial charge in [0.05, 0.1) is 25.3 Å². The lowest BCUT2D eigenvalue weighted by molar-refractivity contribution is -0.114. The van der Waals surface area contributed by atoms with E-state index in [-0.39, 0.29) is 11.7 Å². The number of rotatable bonds is 3. The molecule has 0 spiro atoms. The summed E-state index contributed by atoms with van der Waals surface area (Å²) in [6, 6.07) is 6.86. The van der Waals surface area contributed by atoms with Crippen molar-refractivity contribution in [2.24, 2.45) is 0 Å². The number of fused-ring (bicyclic) bond motifs is 1. The molecule has 2 rings (SSSR count). The lowest BCUT2D eigenvalue weighted by atomic mass is 10.1. The largest absolute Gasteiger partial charge is 0.505 e. The van der Waals surface area contributed by atoms with Crippen molar-refractivity contribution in [3.05, 3.63) is 24.3 Å². The molecule has 0 saturated carbocycles. The molecular formula is C14H15NO4. The summed E-state index contributed by atoms with van der Waals surface area (Å²) in [5.41, 5.74) is 0.339. The predicted molar refractivity (Wildman–Crippen MR) is 73.0 cm³/mol. The highest BCUT2D eigenvalue weighted by atomic mass is 16.5. The number of benzene rings is 2. The molecule has 0 atom stereocenters. The molecule has 100 valence electrons. The van der Waals surface area contributed by atoms with Gasteiger partial charge in [-0.05, 0) is 24.3 Å². The fourth-order valence-corrected chi connectivity index (χ4v) is 2.01. The molecule has 5 heteroatoms. The molecule has 0 fully saturated rings. The van der Waals surface area contributed by atoms with E-state index in [1.54, 1.807) is 31.4 Å². The summed E-state index contributed by atoms with van der Waals surface area (Å²) in [6.45, 7) is 1.38. The molecule has 2 N–H and O–H groups in total. The van der Waals surface area contributed by atoms with Crippen LogP contribution in [0.3, 0.4) is 0 Å². The lowest BCUT2D eigenvalue weighted by Gasteiger charge is -2.13. The second-order valence-corrected chi connectivity index (χ2v) is 4.04. The zero-order chi connectivity index (χ0) is 14.0. The third-order valence-corrected chi connectivity index (χ3v) is 2.83. The molecule has 0 saturated heterocycles. The first-order chi connectivity index (χ1) is 9.08. The summed E-state index contributed by atoms with van der Waals surface area (Å²) < 4.78 is 10.5. The van der Waals surface area contributed by atoms with Gasteiger partial charge < -0.3 is 19.9 Å². The van der Waals surface area contributed by atoms with Gasteiger partial charge in [0.15, 0.2) is 5.75 Å². The van der Waals surface area contributed by atoms with Crippen molar-refractivity contribution in [2.45, 2.75) is 6.92 Å². The standard InChI is InChI=1S/C14H15NO4/c1-8(16)15-10-5-4-9-11(18-2)6-7-12(19-3)13(9)14(10)17/h4-7,17H,1-3H3,(H,15,16). The molecule has 1 amide bonds. The first-order valence-corrected chi connectivity index (χ1v) is 5.72. The number of ether oxygens (including phenoxy) is 2.